The molecule has 2 aromatic carbocycles. The molecule has 5 nitrogen and oxygen atoms in total. The predicted octanol–water partition coefficient (Wildman–Crippen LogP) is 3.49. The first kappa shape index (κ1) is 16.5. The van der Waals surface area contributed by atoms with Gasteiger partial charge in [0.15, 0.2) is 0 Å². The van der Waals surface area contributed by atoms with Crippen molar-refractivity contribution >= 4 is 16.9 Å². The molecule has 2 N–H and O–H groups in total. The van der Waals surface area contributed by atoms with Gasteiger partial charge in [0.1, 0.15) is 5.75 Å². The number of aromatic amines is 1. The van der Waals surface area contributed by atoms with Gasteiger partial charge in [-0.1, -0.05) is 30.3 Å². The smallest absolute Gasteiger partial charge is 0.317 e. The number of methoxy groups -OCH3 is 1. The zero-order chi connectivity index (χ0) is 17.9. The molecule has 2 heterocycles. The molecule has 0 fully saturated rings. The number of aromatic nitrogens is 1. The Morgan fingerprint density at radius 1 is 1.19 bits per heavy atom. The Bertz CT molecular complexity index is 915. The number of carbonyl (C=O) groups excluding carboxylic acids is 1. The van der Waals surface area contributed by atoms with Gasteiger partial charge >= 0.3 is 6.03 Å². The van der Waals surface area contributed by atoms with Gasteiger partial charge in [-0.25, -0.2) is 4.79 Å². The summed E-state index contributed by atoms with van der Waals surface area (Å²) in [6.45, 7) is 2.03. The summed E-state index contributed by atoms with van der Waals surface area (Å²) in [4.78, 5) is 17.9. The number of hydrogen-bond acceptors (Lipinski definition) is 2. The number of carbonyl (C=O) groups is 1. The number of rotatable bonds is 4. The van der Waals surface area contributed by atoms with E-state index in [9.17, 15) is 4.79 Å². The number of benzene rings is 2. The summed E-state index contributed by atoms with van der Waals surface area (Å²) in [6.07, 6.45) is 1.68. The third kappa shape index (κ3) is 3.25. The molecule has 0 spiro atoms. The van der Waals surface area contributed by atoms with Gasteiger partial charge in [0.25, 0.3) is 0 Å². The highest BCUT2D eigenvalue weighted by Crippen LogP contribution is 2.27. The van der Waals surface area contributed by atoms with Crippen LogP contribution >= 0.6 is 0 Å². The molecule has 0 unspecified atom stereocenters. The summed E-state index contributed by atoms with van der Waals surface area (Å²) < 4.78 is 5.16. The molecule has 0 saturated heterocycles. The topological polar surface area (TPSA) is 57.4 Å². The van der Waals surface area contributed by atoms with Gasteiger partial charge in [0, 0.05) is 48.2 Å². The van der Waals surface area contributed by atoms with Crippen molar-refractivity contribution in [1.82, 2.24) is 15.2 Å². The van der Waals surface area contributed by atoms with Crippen LogP contribution in [-0.4, -0.2) is 36.1 Å². The van der Waals surface area contributed by atoms with Gasteiger partial charge < -0.3 is 19.9 Å². The van der Waals surface area contributed by atoms with E-state index in [1.54, 1.807) is 7.11 Å². The highest BCUT2D eigenvalue weighted by Gasteiger charge is 2.23. The molecule has 0 aliphatic carbocycles. The van der Waals surface area contributed by atoms with Gasteiger partial charge in [-0.05, 0) is 30.2 Å². The normalized spacial score (nSPS) is 13.5. The summed E-state index contributed by atoms with van der Waals surface area (Å²) >= 11 is 0. The molecule has 3 aromatic rings. The maximum absolute atomic E-state index is 12.5. The summed E-state index contributed by atoms with van der Waals surface area (Å²) in [5, 5.41) is 4.27. The van der Waals surface area contributed by atoms with E-state index in [1.165, 1.54) is 22.2 Å². The zero-order valence-corrected chi connectivity index (χ0v) is 14.9. The van der Waals surface area contributed by atoms with Crippen molar-refractivity contribution in [3.8, 4) is 5.75 Å². The minimum atomic E-state index is 0.00874. The largest absolute Gasteiger partial charge is 0.497 e. The summed E-state index contributed by atoms with van der Waals surface area (Å²) in [5.41, 5.74) is 4.84. The second-order valence-corrected chi connectivity index (χ2v) is 6.63. The SMILES string of the molecule is COc1ccc(CCNC(=O)N2CCc3[nH]c4ccccc4c3C2)cc1. The van der Waals surface area contributed by atoms with Crippen molar-refractivity contribution in [1.29, 1.82) is 0 Å². The van der Waals surface area contributed by atoms with Gasteiger partial charge in [0.2, 0.25) is 0 Å². The average Bonchev–Trinajstić information content (AvgIpc) is 3.06. The zero-order valence-electron chi connectivity index (χ0n) is 14.9. The molecule has 0 radical (unpaired) electrons. The van der Waals surface area contributed by atoms with Crippen LogP contribution in [0, 0.1) is 0 Å². The third-order valence-electron chi connectivity index (χ3n) is 5.02. The Morgan fingerprint density at radius 3 is 2.81 bits per heavy atom. The van der Waals surface area contributed by atoms with E-state index in [1.807, 2.05) is 41.3 Å². The molecule has 134 valence electrons. The molecular weight excluding hydrogens is 326 g/mol. The quantitative estimate of drug-likeness (QED) is 0.757. The molecule has 1 aromatic heterocycles. The van der Waals surface area contributed by atoms with Crippen LogP contribution in [0.2, 0.25) is 0 Å². The maximum Gasteiger partial charge on any atom is 0.317 e. The molecule has 0 atom stereocenters. The average molecular weight is 349 g/mol. The second kappa shape index (κ2) is 7.12. The van der Waals surface area contributed by atoms with Crippen molar-refractivity contribution in [2.45, 2.75) is 19.4 Å². The van der Waals surface area contributed by atoms with Crippen molar-refractivity contribution in [2.24, 2.45) is 0 Å². The third-order valence-corrected chi connectivity index (χ3v) is 5.02. The lowest BCUT2D eigenvalue weighted by molar-refractivity contribution is 0.192. The first-order chi connectivity index (χ1) is 12.7. The Morgan fingerprint density at radius 2 is 2.00 bits per heavy atom. The van der Waals surface area contributed by atoms with Crippen molar-refractivity contribution in [2.75, 3.05) is 20.2 Å². The fourth-order valence-corrected chi connectivity index (χ4v) is 3.56. The standard InChI is InChI=1S/C21H23N3O2/c1-26-16-8-6-15(7-9-16)10-12-22-21(25)24-13-11-20-18(14-24)17-4-2-3-5-19(17)23-20/h2-9,23H,10-14H2,1H3,(H,22,25). The lowest BCUT2D eigenvalue weighted by Gasteiger charge is -2.27. The maximum atomic E-state index is 12.5. The number of hydrogen-bond donors (Lipinski definition) is 2. The fourth-order valence-electron chi connectivity index (χ4n) is 3.56. The molecule has 0 bridgehead atoms. The van der Waals surface area contributed by atoms with Crippen molar-refractivity contribution in [3.05, 3.63) is 65.4 Å². The monoisotopic (exact) mass is 349 g/mol. The van der Waals surface area contributed by atoms with Gasteiger partial charge in [-0.15, -0.1) is 0 Å². The van der Waals surface area contributed by atoms with Crippen molar-refractivity contribution in [3.63, 3.8) is 0 Å². The first-order valence-electron chi connectivity index (χ1n) is 8.99. The lowest BCUT2D eigenvalue weighted by atomic mass is 10.0. The molecule has 2 amide bonds. The number of urea groups is 1. The Labute approximate surface area is 153 Å². The van der Waals surface area contributed by atoms with Crippen LogP contribution in [0.1, 0.15) is 16.8 Å². The van der Waals surface area contributed by atoms with Crippen LogP contribution in [0.15, 0.2) is 48.5 Å². The Balaban J connectivity index is 1.35. The minimum Gasteiger partial charge on any atom is -0.497 e. The molecule has 0 saturated carbocycles. The van der Waals surface area contributed by atoms with E-state index in [0.717, 1.165) is 30.7 Å². The number of nitrogens with zero attached hydrogens (tertiary/aromatic N) is 1. The van der Waals surface area contributed by atoms with E-state index in [2.05, 4.69) is 22.4 Å². The van der Waals surface area contributed by atoms with Gasteiger partial charge in [-0.3, -0.25) is 0 Å². The van der Waals surface area contributed by atoms with E-state index < -0.39 is 0 Å². The number of para-hydroxylation sites is 1. The summed E-state index contributed by atoms with van der Waals surface area (Å²) in [7, 11) is 1.66. The highest BCUT2D eigenvalue weighted by atomic mass is 16.5. The van der Waals surface area contributed by atoms with E-state index in [0.29, 0.717) is 13.1 Å². The van der Waals surface area contributed by atoms with Crippen molar-refractivity contribution < 1.29 is 9.53 Å². The van der Waals surface area contributed by atoms with Crippen LogP contribution < -0.4 is 10.1 Å². The number of amides is 2. The highest BCUT2D eigenvalue weighted by molar-refractivity contribution is 5.85. The summed E-state index contributed by atoms with van der Waals surface area (Å²) in [6, 6.07) is 16.3. The first-order valence-corrected chi connectivity index (χ1v) is 8.99. The molecule has 4 rings (SSSR count). The van der Waals surface area contributed by atoms with Crippen LogP contribution in [-0.2, 0) is 19.4 Å². The van der Waals surface area contributed by atoms with Crippen LogP contribution in [0.5, 0.6) is 5.75 Å². The van der Waals surface area contributed by atoms with Gasteiger partial charge in [-0.2, -0.15) is 0 Å². The fraction of sp³-hybridized carbons (Fsp3) is 0.286. The number of fused-ring (bicyclic) bond motifs is 3. The number of nitrogens with one attached hydrogen (secondary N) is 2. The molecule has 26 heavy (non-hydrogen) atoms. The van der Waals surface area contributed by atoms with Crippen LogP contribution in [0.4, 0.5) is 4.79 Å². The van der Waals surface area contributed by atoms with E-state index >= 15 is 0 Å². The number of H-pyrrole nitrogens is 1. The van der Waals surface area contributed by atoms with Crippen LogP contribution in [0.3, 0.4) is 0 Å². The molecule has 1 aliphatic heterocycles. The lowest BCUT2D eigenvalue weighted by Crippen LogP contribution is -2.43. The number of ether oxygens (including phenoxy) is 1. The van der Waals surface area contributed by atoms with Gasteiger partial charge in [0.05, 0.1) is 7.11 Å². The molecule has 5 heteroatoms. The van der Waals surface area contributed by atoms with E-state index in [-0.39, 0.29) is 6.03 Å². The molecular formula is C21H23N3O2. The second-order valence-electron chi connectivity index (χ2n) is 6.63. The Hall–Kier alpha value is -2.95. The predicted molar refractivity (Wildman–Crippen MR) is 103 cm³/mol. The van der Waals surface area contributed by atoms with Crippen LogP contribution in [0.25, 0.3) is 10.9 Å². The van der Waals surface area contributed by atoms with E-state index in [4.69, 9.17) is 4.74 Å². The Kier molecular flexibility index (Phi) is 4.52. The minimum absolute atomic E-state index is 0.00874. The summed E-state index contributed by atoms with van der Waals surface area (Å²) in [5.74, 6) is 0.848. The molecule has 1 aliphatic rings.